The maximum atomic E-state index is 11.9. The molecule has 1 aliphatic rings. The topological polar surface area (TPSA) is 64.1 Å². The van der Waals surface area contributed by atoms with Crippen molar-refractivity contribution < 1.29 is 9.53 Å². The lowest BCUT2D eigenvalue weighted by molar-refractivity contribution is 0.0597. The van der Waals surface area contributed by atoms with E-state index in [1.54, 1.807) is 13.2 Å². The molecule has 0 saturated heterocycles. The van der Waals surface area contributed by atoms with E-state index >= 15 is 0 Å². The summed E-state index contributed by atoms with van der Waals surface area (Å²) in [6, 6.07) is 1.72. The van der Waals surface area contributed by atoms with Gasteiger partial charge in [0, 0.05) is 19.3 Å². The van der Waals surface area contributed by atoms with E-state index in [9.17, 15) is 4.79 Å². The third kappa shape index (κ3) is 3.40. The number of carbonyl (C=O) groups is 1. The molecule has 0 aromatic carbocycles. The predicted octanol–water partition coefficient (Wildman–Crippen LogP) is 1.82. The molecule has 1 fully saturated rings. The van der Waals surface area contributed by atoms with Gasteiger partial charge in [-0.1, -0.05) is 11.6 Å². The number of rotatable bonds is 3. The first-order chi connectivity index (χ1) is 8.69. The van der Waals surface area contributed by atoms with E-state index in [0.717, 1.165) is 25.7 Å². The second-order valence-electron chi connectivity index (χ2n) is 4.39. The first-order valence-corrected chi connectivity index (χ1v) is 6.39. The number of nitrogens with one attached hydrogen (secondary N) is 1. The Morgan fingerprint density at radius 1 is 1.44 bits per heavy atom. The number of hydrogen-bond acceptors (Lipinski definition) is 4. The van der Waals surface area contributed by atoms with E-state index in [0.29, 0.717) is 6.10 Å². The largest absolute Gasteiger partial charge is 0.381 e. The molecule has 5 nitrogen and oxygen atoms in total. The van der Waals surface area contributed by atoms with Gasteiger partial charge in [0.05, 0.1) is 6.10 Å². The number of nitrogens with zero attached hydrogens (tertiary/aromatic N) is 2. The molecule has 98 valence electrons. The fourth-order valence-corrected chi connectivity index (χ4v) is 2.28. The summed E-state index contributed by atoms with van der Waals surface area (Å²) in [4.78, 5) is 19.7. The van der Waals surface area contributed by atoms with Crippen molar-refractivity contribution in [2.45, 2.75) is 37.8 Å². The molecule has 1 heterocycles. The molecule has 18 heavy (non-hydrogen) atoms. The highest BCUT2D eigenvalue weighted by molar-refractivity contribution is 6.29. The van der Waals surface area contributed by atoms with Crippen LogP contribution in [0.3, 0.4) is 0 Å². The number of halogens is 1. The van der Waals surface area contributed by atoms with Crippen molar-refractivity contribution in [1.29, 1.82) is 0 Å². The number of carbonyl (C=O) groups excluding carboxylic acids is 1. The average Bonchev–Trinajstić information content (AvgIpc) is 2.39. The Morgan fingerprint density at radius 2 is 2.17 bits per heavy atom. The zero-order chi connectivity index (χ0) is 13.0. The highest BCUT2D eigenvalue weighted by atomic mass is 35.5. The van der Waals surface area contributed by atoms with Gasteiger partial charge in [0.1, 0.15) is 5.15 Å². The molecule has 1 amide bonds. The van der Waals surface area contributed by atoms with Gasteiger partial charge in [-0.15, -0.1) is 0 Å². The fourth-order valence-electron chi connectivity index (χ4n) is 2.14. The van der Waals surface area contributed by atoms with Gasteiger partial charge in [-0.3, -0.25) is 4.79 Å². The summed E-state index contributed by atoms with van der Waals surface area (Å²) in [6.07, 6.45) is 5.58. The maximum Gasteiger partial charge on any atom is 0.289 e. The highest BCUT2D eigenvalue weighted by Gasteiger charge is 2.23. The van der Waals surface area contributed by atoms with Crippen LogP contribution in [-0.2, 0) is 4.74 Å². The summed E-state index contributed by atoms with van der Waals surface area (Å²) in [7, 11) is 1.73. The predicted molar refractivity (Wildman–Crippen MR) is 67.6 cm³/mol. The number of methoxy groups -OCH3 is 1. The van der Waals surface area contributed by atoms with Crippen molar-refractivity contribution >= 4 is 17.5 Å². The average molecular weight is 270 g/mol. The third-order valence-corrected chi connectivity index (χ3v) is 3.38. The molecule has 6 heteroatoms. The number of aromatic nitrogens is 2. The quantitative estimate of drug-likeness (QED) is 0.850. The highest BCUT2D eigenvalue weighted by Crippen LogP contribution is 2.20. The molecular weight excluding hydrogens is 254 g/mol. The van der Waals surface area contributed by atoms with Gasteiger partial charge >= 0.3 is 0 Å². The maximum absolute atomic E-state index is 11.9. The van der Waals surface area contributed by atoms with E-state index in [1.807, 2.05) is 0 Å². The molecule has 0 spiro atoms. The zero-order valence-electron chi connectivity index (χ0n) is 10.2. The summed E-state index contributed by atoms with van der Waals surface area (Å²) in [5, 5.41) is 3.21. The third-order valence-electron chi connectivity index (χ3n) is 3.17. The van der Waals surface area contributed by atoms with Gasteiger partial charge in [0.15, 0.2) is 0 Å². The van der Waals surface area contributed by atoms with Gasteiger partial charge in [-0.05, 0) is 31.7 Å². The summed E-state index contributed by atoms with van der Waals surface area (Å²) in [6.45, 7) is 0. The van der Waals surface area contributed by atoms with Crippen LogP contribution in [0.4, 0.5) is 0 Å². The summed E-state index contributed by atoms with van der Waals surface area (Å²) >= 11 is 5.72. The van der Waals surface area contributed by atoms with Crippen LogP contribution in [0.25, 0.3) is 0 Å². The zero-order valence-corrected chi connectivity index (χ0v) is 11.0. The van der Waals surface area contributed by atoms with Crippen LogP contribution in [0.5, 0.6) is 0 Å². The first-order valence-electron chi connectivity index (χ1n) is 6.01. The SMILES string of the molecule is COC1CCC(NC(=O)c2nccc(Cl)n2)CC1. The van der Waals surface area contributed by atoms with E-state index in [4.69, 9.17) is 16.3 Å². The molecule has 2 rings (SSSR count). The Kier molecular flexibility index (Phi) is 4.49. The van der Waals surface area contributed by atoms with Crippen LogP contribution in [0, 0.1) is 0 Å². The van der Waals surface area contributed by atoms with E-state index < -0.39 is 0 Å². The molecule has 0 bridgehead atoms. The smallest absolute Gasteiger partial charge is 0.289 e. The van der Waals surface area contributed by atoms with Crippen LogP contribution in [0.15, 0.2) is 12.3 Å². The molecule has 0 atom stereocenters. The van der Waals surface area contributed by atoms with Crippen LogP contribution in [-0.4, -0.2) is 35.1 Å². The summed E-state index contributed by atoms with van der Waals surface area (Å²) in [5.74, 6) is -0.144. The summed E-state index contributed by atoms with van der Waals surface area (Å²) < 4.78 is 5.29. The van der Waals surface area contributed by atoms with Gasteiger partial charge in [-0.25, -0.2) is 9.97 Å². The minimum Gasteiger partial charge on any atom is -0.381 e. The van der Waals surface area contributed by atoms with Crippen molar-refractivity contribution in [2.75, 3.05) is 7.11 Å². The van der Waals surface area contributed by atoms with Gasteiger partial charge in [-0.2, -0.15) is 0 Å². The standard InChI is InChI=1S/C12H16ClN3O2/c1-18-9-4-2-8(3-5-9)15-12(17)11-14-7-6-10(13)16-11/h6-9H,2-5H2,1H3,(H,15,17). The lowest BCUT2D eigenvalue weighted by Gasteiger charge is -2.27. The van der Waals surface area contributed by atoms with E-state index in [2.05, 4.69) is 15.3 Å². The molecule has 1 N–H and O–H groups in total. The van der Waals surface area contributed by atoms with Crippen LogP contribution in [0.1, 0.15) is 36.3 Å². The number of hydrogen-bond donors (Lipinski definition) is 1. The molecule has 1 aromatic rings. The lowest BCUT2D eigenvalue weighted by atomic mass is 9.93. The van der Waals surface area contributed by atoms with Crippen molar-refractivity contribution in [1.82, 2.24) is 15.3 Å². The number of ether oxygens (including phenoxy) is 1. The second-order valence-corrected chi connectivity index (χ2v) is 4.77. The molecule has 0 radical (unpaired) electrons. The van der Waals surface area contributed by atoms with Crippen LogP contribution < -0.4 is 5.32 Å². The van der Waals surface area contributed by atoms with Crippen molar-refractivity contribution in [3.8, 4) is 0 Å². The minimum absolute atomic E-state index is 0.122. The Bertz CT molecular complexity index is 420. The van der Waals surface area contributed by atoms with Crippen LogP contribution in [0.2, 0.25) is 5.15 Å². The molecule has 0 aliphatic heterocycles. The van der Waals surface area contributed by atoms with Gasteiger partial charge < -0.3 is 10.1 Å². The molecule has 1 aliphatic carbocycles. The second kappa shape index (κ2) is 6.11. The van der Waals surface area contributed by atoms with Crippen molar-refractivity contribution in [3.05, 3.63) is 23.2 Å². The monoisotopic (exact) mass is 269 g/mol. The van der Waals surface area contributed by atoms with Crippen molar-refractivity contribution in [2.24, 2.45) is 0 Å². The van der Waals surface area contributed by atoms with Crippen LogP contribution >= 0.6 is 11.6 Å². The van der Waals surface area contributed by atoms with E-state index in [-0.39, 0.29) is 22.9 Å². The molecular formula is C12H16ClN3O2. The van der Waals surface area contributed by atoms with Gasteiger partial charge in [0.25, 0.3) is 5.91 Å². The Balaban J connectivity index is 1.89. The number of amides is 1. The Labute approximate surface area is 111 Å². The van der Waals surface area contributed by atoms with Crippen molar-refractivity contribution in [3.63, 3.8) is 0 Å². The Morgan fingerprint density at radius 3 is 2.78 bits per heavy atom. The molecule has 1 saturated carbocycles. The first kappa shape index (κ1) is 13.2. The normalized spacial score (nSPS) is 23.7. The van der Waals surface area contributed by atoms with Gasteiger partial charge in [0.2, 0.25) is 5.82 Å². The minimum atomic E-state index is -0.265. The fraction of sp³-hybridized carbons (Fsp3) is 0.583. The molecule has 0 unspecified atom stereocenters. The Hall–Kier alpha value is -1.20. The molecule has 1 aromatic heterocycles. The lowest BCUT2D eigenvalue weighted by Crippen LogP contribution is -2.39. The summed E-state index contributed by atoms with van der Waals surface area (Å²) in [5.41, 5.74) is 0. The van der Waals surface area contributed by atoms with E-state index in [1.165, 1.54) is 6.20 Å².